The summed E-state index contributed by atoms with van der Waals surface area (Å²) in [7, 11) is 0. The van der Waals surface area contributed by atoms with Gasteiger partial charge in [0.1, 0.15) is 17.2 Å². The van der Waals surface area contributed by atoms with E-state index in [1.807, 2.05) is 31.2 Å². The number of hydrogen-bond donors (Lipinski definition) is 1. The van der Waals surface area contributed by atoms with Crippen molar-refractivity contribution >= 4 is 17.2 Å². The molecule has 2 heterocycles. The van der Waals surface area contributed by atoms with Crippen molar-refractivity contribution in [2.45, 2.75) is 45.3 Å². The molecule has 178 valence electrons. The van der Waals surface area contributed by atoms with Crippen molar-refractivity contribution in [3.05, 3.63) is 72.1 Å². The SMILES string of the molecule is CCCCOc1ccc([C@]2(C)CC(c3ccc(OC(F)F)cc3)=C(n3ccnn3)C(=O)N2)cc1. The second-order valence-corrected chi connectivity index (χ2v) is 8.27. The molecule has 7 nitrogen and oxygen atoms in total. The number of rotatable bonds is 9. The van der Waals surface area contributed by atoms with Gasteiger partial charge < -0.3 is 14.8 Å². The van der Waals surface area contributed by atoms with Crippen molar-refractivity contribution < 1.29 is 23.0 Å². The fourth-order valence-electron chi connectivity index (χ4n) is 4.00. The van der Waals surface area contributed by atoms with E-state index < -0.39 is 12.2 Å². The summed E-state index contributed by atoms with van der Waals surface area (Å²) in [6.07, 6.45) is 5.56. The second-order valence-electron chi connectivity index (χ2n) is 8.27. The number of unbranched alkanes of at least 4 members (excludes halogenated alkanes) is 1. The van der Waals surface area contributed by atoms with Crippen molar-refractivity contribution in [3.63, 3.8) is 0 Å². The minimum Gasteiger partial charge on any atom is -0.494 e. The fraction of sp³-hybridized carbons (Fsp3) is 0.320. The van der Waals surface area contributed by atoms with Gasteiger partial charge in [-0.15, -0.1) is 5.10 Å². The summed E-state index contributed by atoms with van der Waals surface area (Å²) in [6, 6.07) is 13.9. The summed E-state index contributed by atoms with van der Waals surface area (Å²) in [4.78, 5) is 13.3. The summed E-state index contributed by atoms with van der Waals surface area (Å²) in [5.74, 6) is 0.505. The molecule has 2 aromatic carbocycles. The molecule has 9 heteroatoms. The van der Waals surface area contributed by atoms with Gasteiger partial charge in [0.2, 0.25) is 0 Å². The molecule has 0 spiro atoms. The third kappa shape index (κ3) is 5.08. The maximum Gasteiger partial charge on any atom is 0.387 e. The van der Waals surface area contributed by atoms with Gasteiger partial charge in [0.15, 0.2) is 0 Å². The predicted octanol–water partition coefficient (Wildman–Crippen LogP) is 4.86. The van der Waals surface area contributed by atoms with E-state index in [1.165, 1.54) is 23.0 Å². The maximum absolute atomic E-state index is 13.3. The molecule has 3 aromatic rings. The molecule has 1 aliphatic heterocycles. The lowest BCUT2D eigenvalue weighted by Gasteiger charge is -2.37. The number of benzene rings is 2. The Hall–Kier alpha value is -3.75. The Balaban J connectivity index is 1.68. The zero-order valence-corrected chi connectivity index (χ0v) is 19.0. The van der Waals surface area contributed by atoms with Crippen LogP contribution < -0.4 is 14.8 Å². The first-order chi connectivity index (χ1) is 16.4. The second kappa shape index (κ2) is 10.0. The third-order valence-electron chi connectivity index (χ3n) is 5.76. The first kappa shape index (κ1) is 23.4. The van der Waals surface area contributed by atoms with E-state index in [2.05, 4.69) is 27.3 Å². The van der Waals surface area contributed by atoms with E-state index in [0.717, 1.165) is 24.2 Å². The standard InChI is InChI=1S/C25H26F2N4O3/c1-3-4-15-33-19-11-7-18(8-12-19)25(2)16-21(17-5-9-20(10-6-17)34-24(26)27)22(23(32)29-25)31-14-13-28-30-31/h5-14,24H,3-4,15-16H2,1-2H3,(H,29,32)/t25-/m0/s1. The summed E-state index contributed by atoms with van der Waals surface area (Å²) in [5, 5.41) is 10.9. The van der Waals surface area contributed by atoms with Crippen LogP contribution in [0.3, 0.4) is 0 Å². The van der Waals surface area contributed by atoms with Crippen LogP contribution in [0.15, 0.2) is 60.9 Å². The summed E-state index contributed by atoms with van der Waals surface area (Å²) < 4.78 is 36.8. The van der Waals surface area contributed by atoms with Gasteiger partial charge in [0, 0.05) is 6.42 Å². The fourth-order valence-corrected chi connectivity index (χ4v) is 4.00. The molecule has 1 aromatic heterocycles. The van der Waals surface area contributed by atoms with Crippen LogP contribution in [0.4, 0.5) is 8.78 Å². The van der Waals surface area contributed by atoms with Crippen LogP contribution >= 0.6 is 0 Å². The Bertz CT molecular complexity index is 1150. The third-order valence-corrected chi connectivity index (χ3v) is 5.76. The van der Waals surface area contributed by atoms with E-state index in [9.17, 15) is 13.6 Å². The highest BCUT2D eigenvalue weighted by atomic mass is 19.3. The van der Waals surface area contributed by atoms with Gasteiger partial charge in [-0.3, -0.25) is 4.79 Å². The van der Waals surface area contributed by atoms with Gasteiger partial charge in [-0.2, -0.15) is 8.78 Å². The van der Waals surface area contributed by atoms with Gasteiger partial charge in [0.25, 0.3) is 5.91 Å². The minimum absolute atomic E-state index is 0.0448. The zero-order chi connectivity index (χ0) is 24.1. The predicted molar refractivity (Wildman–Crippen MR) is 123 cm³/mol. The largest absolute Gasteiger partial charge is 0.494 e. The van der Waals surface area contributed by atoms with Crippen molar-refractivity contribution in [2.75, 3.05) is 6.61 Å². The van der Waals surface area contributed by atoms with Crippen LogP contribution in [0.2, 0.25) is 0 Å². The molecular weight excluding hydrogens is 442 g/mol. The molecule has 1 atom stereocenters. The number of aromatic nitrogens is 3. The molecule has 34 heavy (non-hydrogen) atoms. The van der Waals surface area contributed by atoms with Gasteiger partial charge >= 0.3 is 6.61 Å². The Morgan fingerprint density at radius 1 is 1.12 bits per heavy atom. The molecule has 0 saturated carbocycles. The number of ether oxygens (including phenoxy) is 2. The van der Waals surface area contributed by atoms with E-state index >= 15 is 0 Å². The summed E-state index contributed by atoms with van der Waals surface area (Å²) in [6.45, 7) is 1.80. The molecular formula is C25H26F2N4O3. The Morgan fingerprint density at radius 2 is 1.82 bits per heavy atom. The number of nitrogens with one attached hydrogen (secondary N) is 1. The highest BCUT2D eigenvalue weighted by Gasteiger charge is 2.38. The molecule has 1 N–H and O–H groups in total. The number of hydrogen-bond acceptors (Lipinski definition) is 5. The molecule has 4 rings (SSSR count). The topological polar surface area (TPSA) is 78.3 Å². The lowest BCUT2D eigenvalue weighted by atomic mass is 9.80. The van der Waals surface area contributed by atoms with Gasteiger partial charge in [-0.05, 0) is 54.3 Å². The number of amides is 1. The van der Waals surface area contributed by atoms with Crippen LogP contribution in [-0.4, -0.2) is 34.1 Å². The first-order valence-electron chi connectivity index (χ1n) is 11.1. The number of carbonyl (C=O) groups is 1. The molecule has 1 amide bonds. The van der Waals surface area contributed by atoms with E-state index in [4.69, 9.17) is 4.74 Å². The molecule has 0 radical (unpaired) electrons. The maximum atomic E-state index is 13.3. The average Bonchev–Trinajstić information content (AvgIpc) is 3.34. The quantitative estimate of drug-likeness (QED) is 0.454. The molecule has 0 unspecified atom stereocenters. The molecule has 0 bridgehead atoms. The molecule has 0 aliphatic carbocycles. The van der Waals surface area contributed by atoms with Crippen LogP contribution in [0, 0.1) is 0 Å². The number of alkyl halides is 2. The monoisotopic (exact) mass is 468 g/mol. The minimum atomic E-state index is -2.91. The number of carbonyl (C=O) groups excluding carboxylic acids is 1. The van der Waals surface area contributed by atoms with Gasteiger partial charge in [-0.25, -0.2) is 4.68 Å². The zero-order valence-electron chi connectivity index (χ0n) is 19.0. The Morgan fingerprint density at radius 3 is 2.44 bits per heavy atom. The normalized spacial score (nSPS) is 18.2. The van der Waals surface area contributed by atoms with Crippen LogP contribution in [0.25, 0.3) is 11.3 Å². The first-order valence-corrected chi connectivity index (χ1v) is 11.1. The highest BCUT2D eigenvalue weighted by molar-refractivity contribution is 6.22. The smallest absolute Gasteiger partial charge is 0.387 e. The van der Waals surface area contributed by atoms with Crippen molar-refractivity contribution in [2.24, 2.45) is 0 Å². The molecule has 0 saturated heterocycles. The van der Waals surface area contributed by atoms with Crippen molar-refractivity contribution in [1.82, 2.24) is 20.3 Å². The lowest BCUT2D eigenvalue weighted by Crippen LogP contribution is -2.48. The summed E-state index contributed by atoms with van der Waals surface area (Å²) in [5.41, 5.74) is 1.95. The van der Waals surface area contributed by atoms with Crippen LogP contribution in [-0.2, 0) is 10.3 Å². The van der Waals surface area contributed by atoms with Gasteiger partial charge in [0.05, 0.1) is 24.5 Å². The lowest BCUT2D eigenvalue weighted by molar-refractivity contribution is -0.118. The van der Waals surface area contributed by atoms with Gasteiger partial charge in [-0.1, -0.05) is 42.8 Å². The molecule has 1 aliphatic rings. The molecule has 0 fully saturated rings. The van der Waals surface area contributed by atoms with E-state index in [1.54, 1.807) is 18.3 Å². The Kier molecular flexibility index (Phi) is 6.90. The highest BCUT2D eigenvalue weighted by Crippen LogP contribution is 2.40. The van der Waals surface area contributed by atoms with E-state index in [-0.39, 0.29) is 11.7 Å². The van der Waals surface area contributed by atoms with E-state index in [0.29, 0.717) is 29.9 Å². The number of halogens is 2. The number of nitrogens with zero attached hydrogens (tertiary/aromatic N) is 3. The van der Waals surface area contributed by atoms with Crippen molar-refractivity contribution in [3.8, 4) is 11.5 Å². The van der Waals surface area contributed by atoms with Crippen LogP contribution in [0.1, 0.15) is 44.2 Å². The van der Waals surface area contributed by atoms with Crippen LogP contribution in [0.5, 0.6) is 11.5 Å². The Labute approximate surface area is 196 Å². The summed E-state index contributed by atoms with van der Waals surface area (Å²) >= 11 is 0. The average molecular weight is 469 g/mol. The van der Waals surface area contributed by atoms with Crippen molar-refractivity contribution in [1.29, 1.82) is 0 Å².